The van der Waals surface area contributed by atoms with Gasteiger partial charge in [-0.2, -0.15) is 5.10 Å². The number of aromatic nitrogens is 2. The zero-order valence-electron chi connectivity index (χ0n) is 12.2. The normalized spacial score (nSPS) is 22.1. The Labute approximate surface area is 127 Å². The second-order valence-electron chi connectivity index (χ2n) is 5.77. The lowest BCUT2D eigenvalue weighted by atomic mass is 9.93. The number of nitrogens with zero attached hydrogens (tertiary/aromatic N) is 3. The number of imide groups is 1. The highest BCUT2D eigenvalue weighted by Gasteiger charge is 2.32. The molecule has 0 bridgehead atoms. The molecular formula is C14H19N5O3. The lowest BCUT2D eigenvalue weighted by molar-refractivity contribution is -0.137. The molecule has 8 heteroatoms. The summed E-state index contributed by atoms with van der Waals surface area (Å²) in [7, 11) is 0. The van der Waals surface area contributed by atoms with Crippen molar-refractivity contribution in [3.8, 4) is 0 Å². The highest BCUT2D eigenvalue weighted by atomic mass is 16.2. The van der Waals surface area contributed by atoms with E-state index in [2.05, 4.69) is 15.5 Å². The van der Waals surface area contributed by atoms with Crippen molar-refractivity contribution in [2.24, 2.45) is 5.92 Å². The molecule has 0 unspecified atom stereocenters. The molecular weight excluding hydrogens is 286 g/mol. The van der Waals surface area contributed by atoms with E-state index >= 15 is 0 Å². The summed E-state index contributed by atoms with van der Waals surface area (Å²) in [6.45, 7) is 1.15. The van der Waals surface area contributed by atoms with Gasteiger partial charge in [-0.15, -0.1) is 0 Å². The van der Waals surface area contributed by atoms with Crippen molar-refractivity contribution < 1.29 is 14.4 Å². The summed E-state index contributed by atoms with van der Waals surface area (Å²) in [6.07, 6.45) is 4.57. The van der Waals surface area contributed by atoms with Crippen LogP contribution in [-0.2, 0) is 16.0 Å². The fourth-order valence-electron chi connectivity index (χ4n) is 3.02. The average Bonchev–Trinajstić information content (AvgIpc) is 3.12. The van der Waals surface area contributed by atoms with Crippen LogP contribution in [0.3, 0.4) is 0 Å². The molecule has 2 aliphatic rings. The van der Waals surface area contributed by atoms with Crippen LogP contribution >= 0.6 is 0 Å². The molecule has 8 nitrogen and oxygen atoms in total. The van der Waals surface area contributed by atoms with Crippen molar-refractivity contribution in [1.82, 2.24) is 25.3 Å². The van der Waals surface area contributed by atoms with Crippen LogP contribution in [0.2, 0.25) is 0 Å². The Kier molecular flexibility index (Phi) is 4.08. The van der Waals surface area contributed by atoms with Crippen molar-refractivity contribution in [2.75, 3.05) is 26.2 Å². The summed E-state index contributed by atoms with van der Waals surface area (Å²) in [6, 6.07) is 1.46. The highest BCUT2D eigenvalue weighted by Crippen LogP contribution is 2.20. The summed E-state index contributed by atoms with van der Waals surface area (Å²) in [5, 5.41) is 9.29. The third-order valence-corrected chi connectivity index (χ3v) is 4.17. The van der Waals surface area contributed by atoms with Crippen LogP contribution in [0, 0.1) is 5.92 Å². The number of urea groups is 1. The zero-order chi connectivity index (χ0) is 15.5. The lowest BCUT2D eigenvalue weighted by Gasteiger charge is -2.33. The van der Waals surface area contributed by atoms with Gasteiger partial charge in [0, 0.05) is 25.0 Å². The fraction of sp³-hybridized carbons (Fsp3) is 0.571. The topological polar surface area (TPSA) is 98.4 Å². The molecule has 2 N–H and O–H groups in total. The molecule has 1 aromatic heterocycles. The molecule has 4 amide bonds. The van der Waals surface area contributed by atoms with E-state index in [1.54, 1.807) is 11.1 Å². The zero-order valence-corrected chi connectivity index (χ0v) is 12.2. The van der Waals surface area contributed by atoms with E-state index < -0.39 is 6.03 Å². The SMILES string of the molecule is O=C(CN1C(=O)CNC1=O)N1CCC[C@@H](Cc2ccn[nH]2)C1. The van der Waals surface area contributed by atoms with Gasteiger partial charge in [-0.25, -0.2) is 4.79 Å². The van der Waals surface area contributed by atoms with Crippen LogP contribution in [0.15, 0.2) is 12.3 Å². The van der Waals surface area contributed by atoms with E-state index in [1.165, 1.54) is 0 Å². The van der Waals surface area contributed by atoms with E-state index in [0.717, 1.165) is 29.9 Å². The lowest BCUT2D eigenvalue weighted by Crippen LogP contribution is -2.47. The second-order valence-corrected chi connectivity index (χ2v) is 5.77. The predicted octanol–water partition coefficient (Wildman–Crippen LogP) is -0.257. The Bertz CT molecular complexity index is 555. The second kappa shape index (κ2) is 6.17. The summed E-state index contributed by atoms with van der Waals surface area (Å²) < 4.78 is 0. The molecule has 1 aromatic rings. The number of hydrogen-bond donors (Lipinski definition) is 2. The Morgan fingerprint density at radius 2 is 2.27 bits per heavy atom. The Morgan fingerprint density at radius 3 is 2.95 bits per heavy atom. The Balaban J connectivity index is 1.56. The van der Waals surface area contributed by atoms with Gasteiger partial charge in [-0.1, -0.05) is 0 Å². The van der Waals surface area contributed by atoms with Crippen molar-refractivity contribution in [2.45, 2.75) is 19.3 Å². The molecule has 3 heterocycles. The molecule has 2 fully saturated rings. The number of carbonyl (C=O) groups is 3. The average molecular weight is 305 g/mol. The number of H-pyrrole nitrogens is 1. The van der Waals surface area contributed by atoms with Gasteiger partial charge in [-0.3, -0.25) is 19.6 Å². The minimum absolute atomic E-state index is 0.0193. The van der Waals surface area contributed by atoms with E-state index in [1.807, 2.05) is 6.07 Å². The maximum Gasteiger partial charge on any atom is 0.325 e. The van der Waals surface area contributed by atoms with E-state index in [9.17, 15) is 14.4 Å². The quantitative estimate of drug-likeness (QED) is 0.749. The van der Waals surface area contributed by atoms with Gasteiger partial charge in [0.2, 0.25) is 5.91 Å². The van der Waals surface area contributed by atoms with Gasteiger partial charge in [0.15, 0.2) is 0 Å². The maximum absolute atomic E-state index is 12.3. The van der Waals surface area contributed by atoms with E-state index in [4.69, 9.17) is 0 Å². The number of carbonyl (C=O) groups excluding carboxylic acids is 3. The van der Waals surface area contributed by atoms with Crippen LogP contribution in [-0.4, -0.2) is 64.0 Å². The third kappa shape index (κ3) is 3.10. The summed E-state index contributed by atoms with van der Waals surface area (Å²) >= 11 is 0. The molecule has 3 rings (SSSR count). The first-order valence-corrected chi connectivity index (χ1v) is 7.47. The standard InChI is InChI=1S/C14H19N5O3/c20-12-7-15-14(22)19(12)9-13(21)18-5-1-2-10(8-18)6-11-3-4-16-17-11/h3-4,10H,1-2,5-9H2,(H,15,22)(H,16,17)/t10-/m0/s1. The number of likely N-dealkylation sites (tertiary alicyclic amines) is 1. The smallest absolute Gasteiger partial charge is 0.325 e. The molecule has 0 aromatic carbocycles. The van der Waals surface area contributed by atoms with E-state index in [-0.39, 0.29) is 24.9 Å². The number of amides is 4. The van der Waals surface area contributed by atoms with Crippen molar-refractivity contribution >= 4 is 17.8 Å². The van der Waals surface area contributed by atoms with Crippen LogP contribution < -0.4 is 5.32 Å². The molecule has 0 saturated carbocycles. The van der Waals surface area contributed by atoms with Gasteiger partial charge >= 0.3 is 6.03 Å². The predicted molar refractivity (Wildman–Crippen MR) is 76.7 cm³/mol. The molecule has 0 aliphatic carbocycles. The van der Waals surface area contributed by atoms with Crippen LogP contribution in [0.5, 0.6) is 0 Å². The Morgan fingerprint density at radius 1 is 1.41 bits per heavy atom. The number of piperidine rings is 1. The van der Waals surface area contributed by atoms with Crippen LogP contribution in [0.25, 0.3) is 0 Å². The maximum atomic E-state index is 12.3. The Hall–Kier alpha value is -2.38. The van der Waals surface area contributed by atoms with Gasteiger partial charge in [0.05, 0.1) is 6.54 Å². The largest absolute Gasteiger partial charge is 0.341 e. The number of hydrogen-bond acceptors (Lipinski definition) is 4. The first-order valence-electron chi connectivity index (χ1n) is 7.47. The summed E-state index contributed by atoms with van der Waals surface area (Å²) in [5.41, 5.74) is 1.06. The fourth-order valence-corrected chi connectivity index (χ4v) is 3.02. The van der Waals surface area contributed by atoms with Crippen LogP contribution in [0.1, 0.15) is 18.5 Å². The highest BCUT2D eigenvalue weighted by molar-refractivity contribution is 6.04. The van der Waals surface area contributed by atoms with Crippen LogP contribution in [0.4, 0.5) is 4.79 Å². The van der Waals surface area contributed by atoms with E-state index in [0.29, 0.717) is 19.0 Å². The molecule has 118 valence electrons. The molecule has 22 heavy (non-hydrogen) atoms. The van der Waals surface area contributed by atoms with Gasteiger partial charge < -0.3 is 10.2 Å². The first kappa shape index (κ1) is 14.6. The molecule has 2 aliphatic heterocycles. The monoisotopic (exact) mass is 305 g/mol. The summed E-state index contributed by atoms with van der Waals surface area (Å²) in [4.78, 5) is 38.1. The van der Waals surface area contributed by atoms with Gasteiger partial charge in [0.25, 0.3) is 5.91 Å². The number of aromatic amines is 1. The number of rotatable bonds is 4. The number of nitrogens with one attached hydrogen (secondary N) is 2. The van der Waals surface area contributed by atoms with Crippen molar-refractivity contribution in [3.05, 3.63) is 18.0 Å². The molecule has 0 radical (unpaired) electrons. The third-order valence-electron chi connectivity index (χ3n) is 4.17. The minimum Gasteiger partial charge on any atom is -0.341 e. The van der Waals surface area contributed by atoms with Gasteiger partial charge in [-0.05, 0) is 31.2 Å². The molecule has 2 saturated heterocycles. The first-order chi connectivity index (χ1) is 10.6. The van der Waals surface area contributed by atoms with Gasteiger partial charge in [0.1, 0.15) is 6.54 Å². The minimum atomic E-state index is -0.482. The van der Waals surface area contributed by atoms with Crippen molar-refractivity contribution in [1.29, 1.82) is 0 Å². The summed E-state index contributed by atoms with van der Waals surface area (Å²) in [5.74, 6) is -0.134. The molecule has 0 spiro atoms. The van der Waals surface area contributed by atoms with Crippen molar-refractivity contribution in [3.63, 3.8) is 0 Å². The molecule has 1 atom stereocenters.